The molecule has 54 valence electrons. The van der Waals surface area contributed by atoms with E-state index in [2.05, 4.69) is 44.8 Å². The summed E-state index contributed by atoms with van der Waals surface area (Å²) in [5.74, 6) is 0. The van der Waals surface area contributed by atoms with Crippen molar-refractivity contribution in [1.82, 2.24) is 8.01 Å². The summed E-state index contributed by atoms with van der Waals surface area (Å²) >= 11 is 2.40. The molecule has 0 N–H and O–H groups in total. The monoisotopic (exact) mass is 240 g/mol. The average molecular weight is 240 g/mol. The van der Waals surface area contributed by atoms with Crippen LogP contribution in [-0.2, 0) is 0 Å². The summed E-state index contributed by atoms with van der Waals surface area (Å²) in [5.41, 5.74) is 0. The first-order valence-electron chi connectivity index (χ1n) is 3.31. The maximum absolute atomic E-state index is 2.40. The van der Waals surface area contributed by atoms with E-state index in [1.807, 2.05) is 0 Å². The number of nitrogens with zero attached hydrogens (tertiary/aromatic N) is 2. The van der Waals surface area contributed by atoms with Crippen LogP contribution in [0.5, 0.6) is 0 Å². The Morgan fingerprint density at radius 2 is 2.11 bits per heavy atom. The molecule has 0 aromatic rings. The highest BCUT2D eigenvalue weighted by Gasteiger charge is 2.18. The second kappa shape index (κ2) is 3.16. The first kappa shape index (κ1) is 7.75. The SMILES string of the molecule is C[C@@H]1CN(C)CCN1I. The molecular formula is C6H13IN2. The fourth-order valence-corrected chi connectivity index (χ4v) is 1.51. The third-order valence-electron chi connectivity index (χ3n) is 1.75. The number of hydrogen-bond donors (Lipinski definition) is 0. The van der Waals surface area contributed by atoms with Crippen LogP contribution in [0, 0.1) is 0 Å². The molecule has 0 aromatic carbocycles. The van der Waals surface area contributed by atoms with E-state index in [9.17, 15) is 0 Å². The van der Waals surface area contributed by atoms with Crippen LogP contribution in [0.2, 0.25) is 0 Å². The van der Waals surface area contributed by atoms with Gasteiger partial charge in [0.05, 0.1) is 0 Å². The summed E-state index contributed by atoms with van der Waals surface area (Å²) in [6, 6.07) is 0.726. The molecule has 9 heavy (non-hydrogen) atoms. The molecule has 3 heteroatoms. The van der Waals surface area contributed by atoms with Crippen molar-refractivity contribution in [2.24, 2.45) is 0 Å². The Kier molecular flexibility index (Phi) is 2.73. The highest BCUT2D eigenvalue weighted by molar-refractivity contribution is 14.1. The Bertz CT molecular complexity index is 97.1. The van der Waals surface area contributed by atoms with E-state index in [0.717, 1.165) is 6.04 Å². The fourth-order valence-electron chi connectivity index (χ4n) is 1.12. The zero-order valence-electron chi connectivity index (χ0n) is 5.97. The fraction of sp³-hybridized carbons (Fsp3) is 1.00. The lowest BCUT2D eigenvalue weighted by Crippen LogP contribution is -2.45. The van der Waals surface area contributed by atoms with Gasteiger partial charge < -0.3 is 4.90 Å². The maximum atomic E-state index is 2.40. The highest BCUT2D eigenvalue weighted by atomic mass is 127. The van der Waals surface area contributed by atoms with Crippen molar-refractivity contribution in [2.75, 3.05) is 26.7 Å². The van der Waals surface area contributed by atoms with Gasteiger partial charge in [0.25, 0.3) is 0 Å². The van der Waals surface area contributed by atoms with Crippen molar-refractivity contribution in [1.29, 1.82) is 0 Å². The molecule has 1 aliphatic rings. The summed E-state index contributed by atoms with van der Waals surface area (Å²) in [7, 11) is 2.18. The lowest BCUT2D eigenvalue weighted by Gasteiger charge is -2.33. The predicted octanol–water partition coefficient (Wildman–Crippen LogP) is 0.972. The molecular weight excluding hydrogens is 227 g/mol. The van der Waals surface area contributed by atoms with Crippen LogP contribution in [0.4, 0.5) is 0 Å². The Labute approximate surface area is 70.7 Å². The number of likely N-dealkylation sites (N-methyl/N-ethyl adjacent to an activating group) is 1. The second-order valence-electron chi connectivity index (χ2n) is 2.73. The molecule has 1 atom stereocenters. The minimum atomic E-state index is 0.726. The van der Waals surface area contributed by atoms with Crippen molar-refractivity contribution < 1.29 is 0 Å². The molecule has 0 aliphatic carbocycles. The molecule has 1 aliphatic heterocycles. The summed E-state index contributed by atoms with van der Waals surface area (Å²) in [6.45, 7) is 5.90. The normalized spacial score (nSPS) is 33.0. The number of hydrogen-bond acceptors (Lipinski definition) is 2. The average Bonchev–Trinajstić information content (AvgIpc) is 1.80. The smallest absolute Gasteiger partial charge is 0.0293 e. The lowest BCUT2D eigenvalue weighted by atomic mass is 10.2. The third kappa shape index (κ3) is 2.05. The molecule has 1 heterocycles. The highest BCUT2D eigenvalue weighted by Crippen LogP contribution is 2.11. The molecule has 1 fully saturated rings. The maximum Gasteiger partial charge on any atom is 0.0293 e. The van der Waals surface area contributed by atoms with Crippen molar-refractivity contribution in [3.8, 4) is 0 Å². The van der Waals surface area contributed by atoms with Gasteiger partial charge in [-0.3, -0.25) is 0 Å². The van der Waals surface area contributed by atoms with Crippen LogP contribution in [0.1, 0.15) is 6.92 Å². The van der Waals surface area contributed by atoms with Crippen LogP contribution in [0.15, 0.2) is 0 Å². The molecule has 0 amide bonds. The minimum Gasteiger partial charge on any atom is -0.303 e. The van der Waals surface area contributed by atoms with Gasteiger partial charge in [0.2, 0.25) is 0 Å². The zero-order valence-corrected chi connectivity index (χ0v) is 8.13. The summed E-state index contributed by atoms with van der Waals surface area (Å²) in [6.07, 6.45) is 0. The Morgan fingerprint density at radius 1 is 1.44 bits per heavy atom. The van der Waals surface area contributed by atoms with Crippen LogP contribution >= 0.6 is 22.9 Å². The molecule has 0 unspecified atom stereocenters. The Morgan fingerprint density at radius 3 is 2.56 bits per heavy atom. The van der Waals surface area contributed by atoms with Crippen LogP contribution in [0.3, 0.4) is 0 Å². The van der Waals surface area contributed by atoms with E-state index in [1.54, 1.807) is 0 Å². The Balaban J connectivity index is 2.35. The van der Waals surface area contributed by atoms with E-state index in [0.29, 0.717) is 0 Å². The van der Waals surface area contributed by atoms with E-state index in [1.165, 1.54) is 19.6 Å². The van der Waals surface area contributed by atoms with Gasteiger partial charge >= 0.3 is 0 Å². The molecule has 2 nitrogen and oxygen atoms in total. The van der Waals surface area contributed by atoms with E-state index >= 15 is 0 Å². The topological polar surface area (TPSA) is 6.48 Å². The van der Waals surface area contributed by atoms with E-state index in [-0.39, 0.29) is 0 Å². The number of piperazine rings is 1. The van der Waals surface area contributed by atoms with Crippen LogP contribution in [-0.4, -0.2) is 40.7 Å². The van der Waals surface area contributed by atoms with Gasteiger partial charge in [-0.25, -0.2) is 3.11 Å². The molecule has 0 radical (unpaired) electrons. The first-order chi connectivity index (χ1) is 4.20. The van der Waals surface area contributed by atoms with Gasteiger partial charge in [-0.15, -0.1) is 0 Å². The summed E-state index contributed by atoms with van der Waals surface area (Å²) in [5, 5.41) is 0. The molecule has 1 saturated heterocycles. The quantitative estimate of drug-likeness (QED) is 0.460. The van der Waals surface area contributed by atoms with Crippen molar-refractivity contribution >= 4 is 22.9 Å². The zero-order chi connectivity index (χ0) is 6.85. The largest absolute Gasteiger partial charge is 0.303 e. The van der Waals surface area contributed by atoms with Crippen molar-refractivity contribution in [2.45, 2.75) is 13.0 Å². The van der Waals surface area contributed by atoms with E-state index < -0.39 is 0 Å². The number of rotatable bonds is 0. The summed E-state index contributed by atoms with van der Waals surface area (Å²) in [4.78, 5) is 2.37. The molecule has 0 spiro atoms. The number of halogens is 1. The molecule has 1 rings (SSSR count). The Hall–Kier alpha value is 0.650. The van der Waals surface area contributed by atoms with Crippen LogP contribution in [0.25, 0.3) is 0 Å². The van der Waals surface area contributed by atoms with Crippen molar-refractivity contribution in [3.63, 3.8) is 0 Å². The van der Waals surface area contributed by atoms with Gasteiger partial charge in [0, 0.05) is 48.5 Å². The third-order valence-corrected chi connectivity index (χ3v) is 3.18. The van der Waals surface area contributed by atoms with E-state index in [4.69, 9.17) is 0 Å². The van der Waals surface area contributed by atoms with Gasteiger partial charge in [-0.2, -0.15) is 0 Å². The minimum absolute atomic E-state index is 0.726. The standard InChI is InChI=1S/C6H13IN2/c1-6-5-8(2)3-4-9(6)7/h6H,3-5H2,1-2H3/t6-/m1/s1. The van der Waals surface area contributed by atoms with Crippen LogP contribution < -0.4 is 0 Å². The first-order valence-corrected chi connectivity index (χ1v) is 4.27. The molecule has 0 bridgehead atoms. The second-order valence-corrected chi connectivity index (χ2v) is 3.97. The van der Waals surface area contributed by atoms with Crippen molar-refractivity contribution in [3.05, 3.63) is 0 Å². The summed E-state index contributed by atoms with van der Waals surface area (Å²) < 4.78 is 2.37. The van der Waals surface area contributed by atoms with Gasteiger partial charge in [-0.1, -0.05) is 0 Å². The lowest BCUT2D eigenvalue weighted by molar-refractivity contribution is 0.194. The van der Waals surface area contributed by atoms with Gasteiger partial charge in [0.15, 0.2) is 0 Å². The molecule has 0 saturated carbocycles. The van der Waals surface area contributed by atoms with Gasteiger partial charge in [-0.05, 0) is 14.0 Å². The predicted molar refractivity (Wildman–Crippen MR) is 47.7 cm³/mol. The van der Waals surface area contributed by atoms with Gasteiger partial charge in [0.1, 0.15) is 0 Å². The molecule has 0 aromatic heterocycles.